The summed E-state index contributed by atoms with van der Waals surface area (Å²) >= 11 is 0. The van der Waals surface area contributed by atoms with E-state index in [-0.39, 0.29) is 11.4 Å². The fourth-order valence-electron chi connectivity index (χ4n) is 1.93. The van der Waals surface area contributed by atoms with Gasteiger partial charge in [-0.05, 0) is 18.2 Å². The molecule has 0 saturated carbocycles. The number of ether oxygens (including phenoxy) is 1. The van der Waals surface area contributed by atoms with E-state index in [4.69, 9.17) is 4.74 Å². The Bertz CT molecular complexity index is 780. The van der Waals surface area contributed by atoms with Crippen LogP contribution >= 0.6 is 0 Å². The lowest BCUT2D eigenvalue weighted by Gasteiger charge is -2.04. The summed E-state index contributed by atoms with van der Waals surface area (Å²) in [7, 11) is 0. The number of esters is 1. The van der Waals surface area contributed by atoms with Crippen LogP contribution in [0.3, 0.4) is 0 Å². The van der Waals surface area contributed by atoms with Gasteiger partial charge in [0, 0.05) is 23.5 Å². The fraction of sp³-hybridized carbons (Fsp3) is 0. The number of hydrogen-bond donors (Lipinski definition) is 1. The molecule has 1 heterocycles. The number of halogens is 2. The van der Waals surface area contributed by atoms with Crippen LogP contribution in [0, 0.1) is 11.6 Å². The van der Waals surface area contributed by atoms with Crippen molar-refractivity contribution in [3.63, 3.8) is 0 Å². The number of hydrogen-bond acceptors (Lipinski definition) is 4. The number of nitrogens with zero attached hydrogens (tertiary/aromatic N) is 1. The number of nitrogens with one attached hydrogen (secondary N) is 1. The van der Waals surface area contributed by atoms with Crippen molar-refractivity contribution in [3.8, 4) is 0 Å². The lowest BCUT2D eigenvalue weighted by molar-refractivity contribution is 0.0621. The predicted octanol–water partition coefficient (Wildman–Crippen LogP) is 3.47. The standard InChI is InChI=1S/C16H10F2N2O2/c17-12-5-11(6-13(18)7-12)16(21)22-15-9-19-14-4-2-1-3-10(14)8-20-15/h1-9,19H. The Hall–Kier alpha value is -3.02. The highest BCUT2D eigenvalue weighted by Crippen LogP contribution is 2.18. The van der Waals surface area contributed by atoms with Gasteiger partial charge in [0.1, 0.15) is 11.6 Å². The fourth-order valence-corrected chi connectivity index (χ4v) is 1.93. The van der Waals surface area contributed by atoms with Crippen LogP contribution in [0.25, 0.3) is 0 Å². The minimum Gasteiger partial charge on any atom is -0.402 e. The van der Waals surface area contributed by atoms with Crippen molar-refractivity contribution >= 4 is 17.9 Å². The van der Waals surface area contributed by atoms with Crippen molar-refractivity contribution in [2.75, 3.05) is 5.32 Å². The normalized spacial score (nSPS) is 12.7. The molecule has 0 aliphatic carbocycles. The molecule has 0 fully saturated rings. The van der Waals surface area contributed by atoms with Gasteiger partial charge in [-0.25, -0.2) is 18.6 Å². The van der Waals surface area contributed by atoms with Crippen molar-refractivity contribution in [1.29, 1.82) is 0 Å². The molecule has 0 spiro atoms. The van der Waals surface area contributed by atoms with E-state index < -0.39 is 17.6 Å². The van der Waals surface area contributed by atoms with E-state index in [1.165, 1.54) is 12.4 Å². The maximum absolute atomic E-state index is 13.1. The molecule has 1 aliphatic rings. The van der Waals surface area contributed by atoms with E-state index in [9.17, 15) is 13.6 Å². The van der Waals surface area contributed by atoms with Gasteiger partial charge >= 0.3 is 5.97 Å². The molecule has 0 unspecified atom stereocenters. The smallest absolute Gasteiger partial charge is 0.345 e. The summed E-state index contributed by atoms with van der Waals surface area (Å²) in [6.07, 6.45) is 2.93. The Balaban J connectivity index is 1.79. The zero-order chi connectivity index (χ0) is 15.5. The third kappa shape index (κ3) is 3.01. The Morgan fingerprint density at radius 2 is 1.82 bits per heavy atom. The highest BCUT2D eigenvalue weighted by Gasteiger charge is 2.14. The average Bonchev–Trinajstić information content (AvgIpc) is 2.69. The van der Waals surface area contributed by atoms with Gasteiger partial charge in [0.15, 0.2) is 0 Å². The van der Waals surface area contributed by atoms with Crippen LogP contribution in [0.2, 0.25) is 0 Å². The van der Waals surface area contributed by atoms with Crippen molar-refractivity contribution in [3.05, 3.63) is 77.3 Å². The Kier molecular flexibility index (Phi) is 3.65. The summed E-state index contributed by atoms with van der Waals surface area (Å²) in [5, 5.41) is 2.94. The SMILES string of the molecule is O=C(OC1=CNc2ccccc2C=N1)c1cc(F)cc(F)c1. The zero-order valence-electron chi connectivity index (χ0n) is 11.2. The molecular weight excluding hydrogens is 290 g/mol. The molecule has 1 aliphatic heterocycles. The Morgan fingerprint density at radius 1 is 1.09 bits per heavy atom. The Morgan fingerprint density at radius 3 is 2.59 bits per heavy atom. The molecule has 4 nitrogen and oxygen atoms in total. The second-order valence-electron chi connectivity index (χ2n) is 4.52. The van der Waals surface area contributed by atoms with Gasteiger partial charge in [-0.3, -0.25) is 0 Å². The minimum absolute atomic E-state index is 0.00845. The van der Waals surface area contributed by atoms with Crippen molar-refractivity contribution in [1.82, 2.24) is 0 Å². The number of benzene rings is 2. The number of aliphatic imine (C=N–C) groups is 1. The van der Waals surface area contributed by atoms with Gasteiger partial charge in [0.2, 0.25) is 5.88 Å². The first-order valence-electron chi connectivity index (χ1n) is 6.40. The number of fused-ring (bicyclic) bond motifs is 1. The lowest BCUT2D eigenvalue weighted by Crippen LogP contribution is -2.06. The topological polar surface area (TPSA) is 50.7 Å². The highest BCUT2D eigenvalue weighted by molar-refractivity contribution is 5.92. The van der Waals surface area contributed by atoms with Gasteiger partial charge in [-0.2, -0.15) is 0 Å². The second-order valence-corrected chi connectivity index (χ2v) is 4.52. The second kappa shape index (κ2) is 5.77. The van der Waals surface area contributed by atoms with Gasteiger partial charge in [0.05, 0.1) is 11.8 Å². The number of carbonyl (C=O) groups excluding carboxylic acids is 1. The van der Waals surface area contributed by atoms with Crippen LogP contribution in [0.4, 0.5) is 14.5 Å². The molecule has 0 atom stereocenters. The number of para-hydroxylation sites is 1. The van der Waals surface area contributed by atoms with E-state index in [1.807, 2.05) is 24.3 Å². The van der Waals surface area contributed by atoms with Crippen molar-refractivity contribution in [2.45, 2.75) is 0 Å². The van der Waals surface area contributed by atoms with E-state index in [1.54, 1.807) is 0 Å². The Labute approximate surface area is 124 Å². The lowest BCUT2D eigenvalue weighted by atomic mass is 10.2. The molecule has 0 saturated heterocycles. The summed E-state index contributed by atoms with van der Waals surface area (Å²) < 4.78 is 31.2. The molecule has 0 aromatic heterocycles. The van der Waals surface area contributed by atoms with Gasteiger partial charge in [0.25, 0.3) is 0 Å². The average molecular weight is 300 g/mol. The molecule has 0 radical (unpaired) electrons. The molecule has 0 amide bonds. The van der Waals surface area contributed by atoms with Gasteiger partial charge < -0.3 is 10.1 Å². The molecule has 6 heteroatoms. The van der Waals surface area contributed by atoms with Crippen LogP contribution in [0.15, 0.2) is 59.5 Å². The third-order valence-electron chi connectivity index (χ3n) is 2.94. The van der Waals surface area contributed by atoms with Crippen LogP contribution < -0.4 is 5.32 Å². The summed E-state index contributed by atoms with van der Waals surface area (Å²) in [6.45, 7) is 0. The quantitative estimate of drug-likeness (QED) is 0.864. The minimum atomic E-state index is -0.894. The summed E-state index contributed by atoms with van der Waals surface area (Å²) in [5.41, 5.74) is 1.39. The molecule has 0 bridgehead atoms. The first-order valence-corrected chi connectivity index (χ1v) is 6.40. The van der Waals surface area contributed by atoms with Crippen molar-refractivity contribution < 1.29 is 18.3 Å². The van der Waals surface area contributed by atoms with Crippen LogP contribution in [-0.4, -0.2) is 12.2 Å². The molecule has 3 rings (SSSR count). The molecular formula is C16H10F2N2O2. The third-order valence-corrected chi connectivity index (χ3v) is 2.94. The molecule has 110 valence electrons. The van der Waals surface area contributed by atoms with Crippen LogP contribution in [0.5, 0.6) is 0 Å². The largest absolute Gasteiger partial charge is 0.402 e. The van der Waals surface area contributed by atoms with Gasteiger partial charge in [-0.1, -0.05) is 18.2 Å². The van der Waals surface area contributed by atoms with E-state index in [2.05, 4.69) is 10.3 Å². The number of rotatable bonds is 2. The first kappa shape index (κ1) is 13.9. The predicted molar refractivity (Wildman–Crippen MR) is 77.5 cm³/mol. The first-order chi connectivity index (χ1) is 10.6. The summed E-state index contributed by atoms with van der Waals surface area (Å²) in [4.78, 5) is 15.9. The number of anilines is 1. The van der Waals surface area contributed by atoms with Crippen LogP contribution in [-0.2, 0) is 4.74 Å². The maximum atomic E-state index is 13.1. The zero-order valence-corrected chi connectivity index (χ0v) is 11.2. The van der Waals surface area contributed by atoms with E-state index in [0.717, 1.165) is 23.4 Å². The van der Waals surface area contributed by atoms with Crippen molar-refractivity contribution in [2.24, 2.45) is 4.99 Å². The molecule has 2 aromatic rings. The van der Waals surface area contributed by atoms with E-state index >= 15 is 0 Å². The summed E-state index contributed by atoms with van der Waals surface area (Å²) in [5.74, 6) is -2.60. The van der Waals surface area contributed by atoms with Crippen LogP contribution in [0.1, 0.15) is 15.9 Å². The molecule has 2 aromatic carbocycles. The summed E-state index contributed by atoms with van der Waals surface area (Å²) in [6, 6.07) is 9.84. The molecule has 1 N–H and O–H groups in total. The van der Waals surface area contributed by atoms with E-state index in [0.29, 0.717) is 6.07 Å². The molecule has 22 heavy (non-hydrogen) atoms. The number of carbonyl (C=O) groups is 1. The monoisotopic (exact) mass is 300 g/mol. The maximum Gasteiger partial charge on any atom is 0.345 e. The van der Waals surface area contributed by atoms with Gasteiger partial charge in [-0.15, -0.1) is 0 Å². The highest BCUT2D eigenvalue weighted by atomic mass is 19.1.